The standard InChI is InChI=1S/C10H6F3O/c1-6-5-7-3-2-4-8(9(7)14-6)10(11,12)13/h2,4-5H,1H3. The lowest BCUT2D eigenvalue weighted by Crippen LogP contribution is -2.04. The summed E-state index contributed by atoms with van der Waals surface area (Å²) < 4.78 is 42.3. The van der Waals surface area contributed by atoms with Crippen LogP contribution in [0.15, 0.2) is 22.6 Å². The van der Waals surface area contributed by atoms with Crippen molar-refractivity contribution in [2.45, 2.75) is 13.1 Å². The highest BCUT2D eigenvalue weighted by atomic mass is 19.4. The number of halogens is 3. The maximum Gasteiger partial charge on any atom is 0.420 e. The summed E-state index contributed by atoms with van der Waals surface area (Å²) in [4.78, 5) is 0. The quantitative estimate of drug-likeness (QED) is 0.632. The summed E-state index contributed by atoms with van der Waals surface area (Å²) in [6.45, 7) is 1.61. The van der Waals surface area contributed by atoms with Crippen molar-refractivity contribution in [3.8, 4) is 0 Å². The number of furan rings is 1. The molecule has 0 aliphatic rings. The van der Waals surface area contributed by atoms with Crippen LogP contribution < -0.4 is 0 Å². The second kappa shape index (κ2) is 2.77. The fourth-order valence-corrected chi connectivity index (χ4v) is 1.34. The van der Waals surface area contributed by atoms with E-state index in [2.05, 4.69) is 6.07 Å². The molecule has 1 aromatic carbocycles. The van der Waals surface area contributed by atoms with Gasteiger partial charge in [0.15, 0.2) is 0 Å². The van der Waals surface area contributed by atoms with Crippen LogP contribution in [0.1, 0.15) is 11.3 Å². The van der Waals surface area contributed by atoms with E-state index in [4.69, 9.17) is 4.42 Å². The smallest absolute Gasteiger partial charge is 0.420 e. The first-order chi connectivity index (χ1) is 6.48. The molecule has 0 atom stereocenters. The summed E-state index contributed by atoms with van der Waals surface area (Å²) in [6.07, 6.45) is -4.38. The SMILES string of the molecule is Cc1cc2[c]ccc(C(F)(F)F)c2o1. The van der Waals surface area contributed by atoms with Gasteiger partial charge in [0, 0.05) is 5.39 Å². The van der Waals surface area contributed by atoms with Crippen molar-refractivity contribution in [2.75, 3.05) is 0 Å². The van der Waals surface area contributed by atoms with E-state index >= 15 is 0 Å². The van der Waals surface area contributed by atoms with E-state index in [1.165, 1.54) is 12.1 Å². The summed E-state index contributed by atoms with van der Waals surface area (Å²) >= 11 is 0. The molecule has 0 bridgehead atoms. The fraction of sp³-hybridized carbons (Fsp3) is 0.200. The van der Waals surface area contributed by atoms with Gasteiger partial charge >= 0.3 is 6.18 Å². The molecule has 1 nitrogen and oxygen atoms in total. The molecule has 1 heterocycles. The minimum atomic E-state index is -4.38. The minimum absolute atomic E-state index is 0.141. The Kier molecular flexibility index (Phi) is 1.80. The normalized spacial score (nSPS) is 12.3. The molecule has 0 aliphatic carbocycles. The minimum Gasteiger partial charge on any atom is -0.461 e. The summed E-state index contributed by atoms with van der Waals surface area (Å²) in [5, 5.41) is 0.359. The van der Waals surface area contributed by atoms with Crippen molar-refractivity contribution < 1.29 is 17.6 Å². The van der Waals surface area contributed by atoms with Crippen LogP contribution in [-0.2, 0) is 6.18 Å². The zero-order valence-corrected chi connectivity index (χ0v) is 7.27. The van der Waals surface area contributed by atoms with Gasteiger partial charge in [0.05, 0.1) is 5.56 Å². The summed E-state index contributed by atoms with van der Waals surface area (Å²) in [5.74, 6) is 0.452. The molecular weight excluding hydrogens is 193 g/mol. The van der Waals surface area contributed by atoms with Crippen LogP contribution in [0.4, 0.5) is 13.2 Å². The van der Waals surface area contributed by atoms with E-state index in [-0.39, 0.29) is 5.58 Å². The Morgan fingerprint density at radius 1 is 1.36 bits per heavy atom. The van der Waals surface area contributed by atoms with Gasteiger partial charge in [-0.25, -0.2) is 0 Å². The Morgan fingerprint density at radius 3 is 2.71 bits per heavy atom. The van der Waals surface area contributed by atoms with E-state index in [0.717, 1.165) is 6.07 Å². The van der Waals surface area contributed by atoms with Gasteiger partial charge in [-0.05, 0) is 25.1 Å². The molecule has 4 heteroatoms. The van der Waals surface area contributed by atoms with Crippen molar-refractivity contribution in [3.05, 3.63) is 35.6 Å². The zero-order chi connectivity index (χ0) is 10.3. The predicted molar refractivity (Wildman–Crippen MR) is 44.8 cm³/mol. The zero-order valence-electron chi connectivity index (χ0n) is 7.27. The van der Waals surface area contributed by atoms with Gasteiger partial charge in [-0.1, -0.05) is 6.07 Å². The number of rotatable bonds is 0. The van der Waals surface area contributed by atoms with Crippen molar-refractivity contribution in [1.82, 2.24) is 0 Å². The topological polar surface area (TPSA) is 13.1 Å². The van der Waals surface area contributed by atoms with E-state index in [9.17, 15) is 13.2 Å². The highest BCUT2D eigenvalue weighted by Crippen LogP contribution is 2.35. The molecule has 2 aromatic rings. The average Bonchev–Trinajstić information content (AvgIpc) is 2.41. The lowest BCUT2D eigenvalue weighted by Gasteiger charge is -2.05. The number of hydrogen-bond donors (Lipinski definition) is 0. The third kappa shape index (κ3) is 1.36. The largest absolute Gasteiger partial charge is 0.461 e. The fourth-order valence-electron chi connectivity index (χ4n) is 1.34. The molecule has 1 radical (unpaired) electrons. The van der Waals surface area contributed by atoms with Crippen LogP contribution >= 0.6 is 0 Å². The first kappa shape index (κ1) is 9.12. The van der Waals surface area contributed by atoms with E-state index < -0.39 is 11.7 Å². The van der Waals surface area contributed by atoms with Crippen molar-refractivity contribution in [2.24, 2.45) is 0 Å². The molecule has 0 amide bonds. The molecular formula is C10H6F3O. The van der Waals surface area contributed by atoms with Crippen LogP contribution in [-0.4, -0.2) is 0 Å². The molecule has 2 rings (SSSR count). The van der Waals surface area contributed by atoms with Crippen LogP contribution in [0.3, 0.4) is 0 Å². The van der Waals surface area contributed by atoms with Crippen molar-refractivity contribution in [3.63, 3.8) is 0 Å². The van der Waals surface area contributed by atoms with Gasteiger partial charge in [-0.2, -0.15) is 13.2 Å². The summed E-state index contributed by atoms with van der Waals surface area (Å²) in [6, 6.07) is 6.44. The third-order valence-electron chi connectivity index (χ3n) is 1.89. The third-order valence-corrected chi connectivity index (χ3v) is 1.89. The van der Waals surface area contributed by atoms with Gasteiger partial charge in [0.25, 0.3) is 0 Å². The Morgan fingerprint density at radius 2 is 2.07 bits per heavy atom. The second-order valence-corrected chi connectivity index (χ2v) is 2.99. The monoisotopic (exact) mass is 199 g/mol. The number of aryl methyl sites for hydroxylation is 1. The Hall–Kier alpha value is -1.45. The van der Waals surface area contributed by atoms with Gasteiger partial charge in [0.2, 0.25) is 0 Å². The van der Waals surface area contributed by atoms with E-state index in [0.29, 0.717) is 11.1 Å². The molecule has 0 N–H and O–H groups in total. The van der Waals surface area contributed by atoms with Crippen LogP contribution in [0, 0.1) is 13.0 Å². The number of hydrogen-bond acceptors (Lipinski definition) is 1. The van der Waals surface area contributed by atoms with Gasteiger partial charge in [-0.15, -0.1) is 0 Å². The Bertz CT molecular complexity index is 468. The first-order valence-electron chi connectivity index (χ1n) is 3.96. The van der Waals surface area contributed by atoms with E-state index in [1.54, 1.807) is 6.92 Å². The maximum atomic E-state index is 12.5. The molecule has 0 fully saturated rings. The molecule has 0 aliphatic heterocycles. The summed E-state index contributed by atoms with van der Waals surface area (Å²) in [7, 11) is 0. The van der Waals surface area contributed by atoms with Crippen LogP contribution in [0.2, 0.25) is 0 Å². The number of fused-ring (bicyclic) bond motifs is 1. The molecule has 0 saturated heterocycles. The van der Waals surface area contributed by atoms with Gasteiger partial charge in [-0.3, -0.25) is 0 Å². The summed E-state index contributed by atoms with van der Waals surface area (Å²) in [5.41, 5.74) is -0.892. The van der Waals surface area contributed by atoms with E-state index in [1.807, 2.05) is 0 Å². The van der Waals surface area contributed by atoms with Crippen LogP contribution in [0.5, 0.6) is 0 Å². The van der Waals surface area contributed by atoms with Gasteiger partial charge < -0.3 is 4.42 Å². The highest BCUT2D eigenvalue weighted by Gasteiger charge is 2.34. The first-order valence-corrected chi connectivity index (χ1v) is 3.96. The molecule has 1 aromatic heterocycles. The highest BCUT2D eigenvalue weighted by molar-refractivity contribution is 5.80. The van der Waals surface area contributed by atoms with Crippen LogP contribution in [0.25, 0.3) is 11.0 Å². The van der Waals surface area contributed by atoms with Crippen molar-refractivity contribution in [1.29, 1.82) is 0 Å². The lowest BCUT2D eigenvalue weighted by atomic mass is 10.1. The molecule has 73 valence electrons. The Balaban J connectivity index is 2.77. The average molecular weight is 199 g/mol. The second-order valence-electron chi connectivity index (χ2n) is 2.99. The number of benzene rings is 1. The Labute approximate surface area is 78.1 Å². The molecule has 0 spiro atoms. The number of alkyl halides is 3. The van der Waals surface area contributed by atoms with Crippen molar-refractivity contribution >= 4 is 11.0 Å². The lowest BCUT2D eigenvalue weighted by molar-refractivity contribution is -0.136. The van der Waals surface area contributed by atoms with Gasteiger partial charge in [0.1, 0.15) is 11.3 Å². The molecule has 0 saturated carbocycles. The maximum absolute atomic E-state index is 12.5. The predicted octanol–water partition coefficient (Wildman–Crippen LogP) is 3.56. The molecule has 14 heavy (non-hydrogen) atoms. The molecule has 0 unspecified atom stereocenters.